The molecule has 1 aliphatic rings. The lowest BCUT2D eigenvalue weighted by Crippen LogP contribution is -2.24. The van der Waals surface area contributed by atoms with Crippen LogP contribution in [0.25, 0.3) is 0 Å². The van der Waals surface area contributed by atoms with E-state index in [1.54, 1.807) is 0 Å². The molecule has 0 spiro atoms. The van der Waals surface area contributed by atoms with Crippen LogP contribution in [0.1, 0.15) is 11.1 Å². The summed E-state index contributed by atoms with van der Waals surface area (Å²) < 4.78 is 0. The monoisotopic (exact) mass is 238 g/mol. The Bertz CT molecular complexity index is 563. The quantitative estimate of drug-likeness (QED) is 0.680. The Hall–Kier alpha value is -1.96. The molecule has 18 heavy (non-hydrogen) atoms. The second-order valence-electron chi connectivity index (χ2n) is 5.10. The average molecular weight is 238 g/mol. The van der Waals surface area contributed by atoms with E-state index in [-0.39, 0.29) is 0 Å². The lowest BCUT2D eigenvalue weighted by Gasteiger charge is -2.37. The molecule has 0 aromatic heterocycles. The number of nitrogens with zero attached hydrogens (tertiary/aromatic N) is 2. The molecule has 92 valence electrons. The zero-order chi connectivity index (χ0) is 12.9. The van der Waals surface area contributed by atoms with Crippen LogP contribution in [-0.2, 0) is 0 Å². The Kier molecular flexibility index (Phi) is 2.34. The van der Waals surface area contributed by atoms with Gasteiger partial charge in [0.15, 0.2) is 0 Å². The molecule has 0 atom stereocenters. The van der Waals surface area contributed by atoms with E-state index in [1.807, 2.05) is 0 Å². The molecule has 0 fully saturated rings. The third-order valence-corrected chi connectivity index (χ3v) is 3.71. The summed E-state index contributed by atoms with van der Waals surface area (Å²) in [7, 11) is 4.28. The van der Waals surface area contributed by atoms with Gasteiger partial charge in [0.25, 0.3) is 0 Å². The predicted molar refractivity (Wildman–Crippen MR) is 78.5 cm³/mol. The van der Waals surface area contributed by atoms with Crippen LogP contribution in [0, 0.1) is 13.8 Å². The lowest BCUT2D eigenvalue weighted by molar-refractivity contribution is 1.09. The highest BCUT2D eigenvalue weighted by atomic mass is 15.2. The van der Waals surface area contributed by atoms with Crippen molar-refractivity contribution in [3.63, 3.8) is 0 Å². The smallest absolute Gasteiger partial charge is 0.0652 e. The molecule has 1 aliphatic heterocycles. The SMILES string of the molecule is Cc1ccc2c(c1)N(C)c1cc(C)ccc1N2C. The van der Waals surface area contributed by atoms with E-state index in [0.29, 0.717) is 0 Å². The summed E-state index contributed by atoms with van der Waals surface area (Å²) in [5.41, 5.74) is 7.67. The molecule has 2 aromatic rings. The minimum absolute atomic E-state index is 1.26. The van der Waals surface area contributed by atoms with E-state index in [4.69, 9.17) is 0 Å². The van der Waals surface area contributed by atoms with Gasteiger partial charge in [-0.25, -0.2) is 0 Å². The van der Waals surface area contributed by atoms with Gasteiger partial charge in [0.2, 0.25) is 0 Å². The maximum atomic E-state index is 2.28. The van der Waals surface area contributed by atoms with Crippen LogP contribution >= 0.6 is 0 Å². The Labute approximate surface area is 108 Å². The van der Waals surface area contributed by atoms with Gasteiger partial charge in [-0.05, 0) is 49.2 Å². The zero-order valence-corrected chi connectivity index (χ0v) is 11.4. The first kappa shape index (κ1) is 11.1. The maximum Gasteiger partial charge on any atom is 0.0652 e. The summed E-state index contributed by atoms with van der Waals surface area (Å²) in [6.45, 7) is 4.28. The van der Waals surface area contributed by atoms with Gasteiger partial charge in [-0.15, -0.1) is 0 Å². The second-order valence-corrected chi connectivity index (χ2v) is 5.10. The topological polar surface area (TPSA) is 6.48 Å². The van der Waals surface area contributed by atoms with E-state index in [1.165, 1.54) is 33.9 Å². The van der Waals surface area contributed by atoms with Crippen LogP contribution in [0.4, 0.5) is 22.7 Å². The fourth-order valence-corrected chi connectivity index (χ4v) is 2.63. The summed E-state index contributed by atoms with van der Waals surface area (Å²) in [6.07, 6.45) is 0. The molecule has 2 nitrogen and oxygen atoms in total. The first-order chi connectivity index (χ1) is 8.58. The van der Waals surface area contributed by atoms with Gasteiger partial charge >= 0.3 is 0 Å². The summed E-state index contributed by atoms with van der Waals surface area (Å²) >= 11 is 0. The summed E-state index contributed by atoms with van der Waals surface area (Å²) in [5.74, 6) is 0. The van der Waals surface area contributed by atoms with Crippen LogP contribution in [-0.4, -0.2) is 14.1 Å². The first-order valence-electron chi connectivity index (χ1n) is 6.26. The van der Waals surface area contributed by atoms with E-state index in [9.17, 15) is 0 Å². The third-order valence-electron chi connectivity index (χ3n) is 3.71. The maximum absolute atomic E-state index is 2.28. The largest absolute Gasteiger partial charge is 0.341 e. The number of fused-ring (bicyclic) bond motifs is 2. The van der Waals surface area contributed by atoms with Crippen molar-refractivity contribution in [3.05, 3.63) is 47.5 Å². The van der Waals surface area contributed by atoms with Crippen molar-refractivity contribution >= 4 is 22.7 Å². The van der Waals surface area contributed by atoms with E-state index in [0.717, 1.165) is 0 Å². The van der Waals surface area contributed by atoms with Crippen molar-refractivity contribution in [1.29, 1.82) is 0 Å². The molecule has 0 unspecified atom stereocenters. The fourth-order valence-electron chi connectivity index (χ4n) is 2.63. The van der Waals surface area contributed by atoms with Crippen LogP contribution < -0.4 is 9.80 Å². The average Bonchev–Trinajstić information content (AvgIpc) is 2.35. The Morgan fingerprint density at radius 3 is 1.44 bits per heavy atom. The number of aryl methyl sites for hydroxylation is 2. The van der Waals surface area contributed by atoms with Gasteiger partial charge in [0.1, 0.15) is 0 Å². The summed E-state index contributed by atoms with van der Waals surface area (Å²) in [6, 6.07) is 13.2. The van der Waals surface area contributed by atoms with Crippen LogP contribution in [0.3, 0.4) is 0 Å². The highest BCUT2D eigenvalue weighted by molar-refractivity contribution is 5.92. The highest BCUT2D eigenvalue weighted by Crippen LogP contribution is 2.46. The molecule has 2 aromatic carbocycles. The Balaban J connectivity index is 2.25. The van der Waals surface area contributed by atoms with Gasteiger partial charge in [-0.2, -0.15) is 0 Å². The van der Waals surface area contributed by atoms with Crippen LogP contribution in [0.2, 0.25) is 0 Å². The number of anilines is 4. The third kappa shape index (κ3) is 1.49. The van der Waals surface area contributed by atoms with E-state index < -0.39 is 0 Å². The summed E-state index contributed by atoms with van der Waals surface area (Å²) in [5, 5.41) is 0. The molecule has 0 amide bonds. The molecule has 0 bridgehead atoms. The minimum atomic E-state index is 1.26. The second kappa shape index (κ2) is 3.77. The molecular formula is C16H18N2. The van der Waals surface area contributed by atoms with Gasteiger partial charge in [0.05, 0.1) is 22.7 Å². The predicted octanol–water partition coefficient (Wildman–Crippen LogP) is 4.15. The molecule has 3 rings (SSSR count). The molecule has 0 radical (unpaired) electrons. The molecule has 2 heteroatoms. The molecule has 1 heterocycles. The van der Waals surface area contributed by atoms with Crippen molar-refractivity contribution in [2.75, 3.05) is 23.9 Å². The number of hydrogen-bond acceptors (Lipinski definition) is 2. The highest BCUT2D eigenvalue weighted by Gasteiger charge is 2.23. The standard InChI is InChI=1S/C16H18N2/c1-11-5-7-13-15(9-11)18(4)16-10-12(2)6-8-14(16)17(13)3/h5-10H,1-4H3. The van der Waals surface area contributed by atoms with Gasteiger partial charge in [0, 0.05) is 14.1 Å². The number of rotatable bonds is 0. The van der Waals surface area contributed by atoms with Crippen molar-refractivity contribution in [2.45, 2.75) is 13.8 Å². The zero-order valence-electron chi connectivity index (χ0n) is 11.4. The molecular weight excluding hydrogens is 220 g/mol. The molecule has 0 N–H and O–H groups in total. The molecule has 0 saturated heterocycles. The molecule has 0 aliphatic carbocycles. The lowest BCUT2D eigenvalue weighted by atomic mass is 10.1. The van der Waals surface area contributed by atoms with E-state index >= 15 is 0 Å². The Morgan fingerprint density at radius 2 is 1.00 bits per heavy atom. The first-order valence-corrected chi connectivity index (χ1v) is 6.26. The van der Waals surface area contributed by atoms with Crippen molar-refractivity contribution in [3.8, 4) is 0 Å². The van der Waals surface area contributed by atoms with Crippen molar-refractivity contribution in [2.24, 2.45) is 0 Å². The molecule has 0 saturated carbocycles. The van der Waals surface area contributed by atoms with Gasteiger partial charge in [-0.1, -0.05) is 12.1 Å². The summed E-state index contributed by atoms with van der Waals surface area (Å²) in [4.78, 5) is 4.55. The van der Waals surface area contributed by atoms with Gasteiger partial charge < -0.3 is 9.80 Å². The fraction of sp³-hybridized carbons (Fsp3) is 0.250. The number of hydrogen-bond donors (Lipinski definition) is 0. The minimum Gasteiger partial charge on any atom is -0.341 e. The van der Waals surface area contributed by atoms with Crippen LogP contribution in [0.15, 0.2) is 36.4 Å². The van der Waals surface area contributed by atoms with Crippen molar-refractivity contribution < 1.29 is 0 Å². The Morgan fingerprint density at radius 1 is 0.611 bits per heavy atom. The normalized spacial score (nSPS) is 13.3. The van der Waals surface area contributed by atoms with Crippen molar-refractivity contribution in [1.82, 2.24) is 0 Å². The van der Waals surface area contributed by atoms with Gasteiger partial charge in [-0.3, -0.25) is 0 Å². The van der Waals surface area contributed by atoms with Crippen LogP contribution in [0.5, 0.6) is 0 Å². The number of benzene rings is 2. The van der Waals surface area contributed by atoms with E-state index in [2.05, 4.69) is 74.1 Å².